The fourth-order valence-electron chi connectivity index (χ4n) is 1.81. The smallest absolute Gasteiger partial charge is 0.261 e. The Hall–Kier alpha value is -0.590. The molecule has 0 aliphatic carbocycles. The molecule has 0 radical (unpaired) electrons. The number of benzene rings is 1. The molecule has 0 saturated carbocycles. The van der Waals surface area contributed by atoms with Crippen molar-refractivity contribution in [3.05, 3.63) is 28.2 Å². The predicted molar refractivity (Wildman–Crippen MR) is 83.6 cm³/mol. The van der Waals surface area contributed by atoms with Crippen molar-refractivity contribution in [2.45, 2.75) is 25.7 Å². The van der Waals surface area contributed by atoms with Gasteiger partial charge in [-0.05, 0) is 31.0 Å². The number of halogens is 2. The summed E-state index contributed by atoms with van der Waals surface area (Å²) in [4.78, 5) is 14.0. The summed E-state index contributed by atoms with van der Waals surface area (Å²) in [7, 11) is 1.47. The molecule has 1 amide bonds. The van der Waals surface area contributed by atoms with E-state index in [1.54, 1.807) is 11.0 Å². The monoisotopic (exact) mass is 381 g/mol. The number of rotatable bonds is 5. The molecule has 0 N–H and O–H groups in total. The van der Waals surface area contributed by atoms with E-state index in [-0.39, 0.29) is 10.8 Å². The van der Waals surface area contributed by atoms with Gasteiger partial charge in [-0.15, -0.1) is 0 Å². The van der Waals surface area contributed by atoms with Gasteiger partial charge in [-0.25, -0.2) is 8.42 Å². The van der Waals surface area contributed by atoms with Crippen molar-refractivity contribution in [3.63, 3.8) is 0 Å². The Labute approximate surface area is 132 Å². The molecule has 4 nitrogen and oxygen atoms in total. The minimum absolute atomic E-state index is 0.0857. The Morgan fingerprint density at radius 2 is 1.95 bits per heavy atom. The van der Waals surface area contributed by atoms with Gasteiger partial charge in [-0.1, -0.05) is 29.8 Å². The number of amides is 1. The van der Waals surface area contributed by atoms with Crippen molar-refractivity contribution in [3.8, 4) is 0 Å². The van der Waals surface area contributed by atoms with Gasteiger partial charge in [0.05, 0.1) is 4.90 Å². The third-order valence-corrected chi connectivity index (χ3v) is 4.45. The van der Waals surface area contributed by atoms with Gasteiger partial charge in [0.25, 0.3) is 15.0 Å². The highest BCUT2D eigenvalue weighted by molar-refractivity contribution is 9.10. The van der Waals surface area contributed by atoms with E-state index < -0.39 is 9.05 Å². The first-order valence-corrected chi connectivity index (χ1v) is 9.30. The number of carbonyl (C=O) groups is 1. The summed E-state index contributed by atoms with van der Waals surface area (Å²) in [6.07, 6.45) is 0. The zero-order valence-corrected chi connectivity index (χ0v) is 14.7. The van der Waals surface area contributed by atoms with Crippen LogP contribution in [0.4, 0.5) is 0 Å². The molecule has 0 spiro atoms. The Balaban J connectivity index is 3.19. The van der Waals surface area contributed by atoms with Crippen LogP contribution in [0.15, 0.2) is 27.6 Å². The lowest BCUT2D eigenvalue weighted by Crippen LogP contribution is -2.34. The lowest BCUT2D eigenvalue weighted by molar-refractivity contribution is 0.0745. The largest absolute Gasteiger partial charge is 0.339 e. The molecule has 0 aliphatic heterocycles. The second-order valence-corrected chi connectivity index (χ2v) is 8.33. The Morgan fingerprint density at radius 3 is 2.40 bits per heavy atom. The quantitative estimate of drug-likeness (QED) is 0.732. The van der Waals surface area contributed by atoms with Crippen LogP contribution in [0.25, 0.3) is 0 Å². The van der Waals surface area contributed by atoms with E-state index in [1.807, 2.05) is 20.8 Å². The number of hydrogen-bond donors (Lipinski definition) is 0. The molecule has 0 fully saturated rings. The molecule has 1 aromatic rings. The first-order chi connectivity index (χ1) is 9.15. The summed E-state index contributed by atoms with van der Waals surface area (Å²) >= 11 is 3.20. The molecule has 112 valence electrons. The first-order valence-electron chi connectivity index (χ1n) is 6.19. The third kappa shape index (κ3) is 4.75. The van der Waals surface area contributed by atoms with Crippen molar-refractivity contribution in [1.82, 2.24) is 4.90 Å². The van der Waals surface area contributed by atoms with Gasteiger partial charge in [0, 0.05) is 33.8 Å². The van der Waals surface area contributed by atoms with Gasteiger partial charge < -0.3 is 4.90 Å². The number of nitrogens with zero attached hydrogens (tertiary/aromatic N) is 1. The van der Waals surface area contributed by atoms with Gasteiger partial charge in [-0.2, -0.15) is 0 Å². The zero-order valence-electron chi connectivity index (χ0n) is 11.6. The lowest BCUT2D eigenvalue weighted by atomic mass is 10.1. The number of hydrogen-bond acceptors (Lipinski definition) is 3. The zero-order chi connectivity index (χ0) is 15.5. The van der Waals surface area contributed by atoms with Crippen molar-refractivity contribution >= 4 is 41.6 Å². The second kappa shape index (κ2) is 6.91. The Morgan fingerprint density at radius 1 is 1.35 bits per heavy atom. The summed E-state index contributed by atoms with van der Waals surface area (Å²) in [6.45, 7) is 7.10. The van der Waals surface area contributed by atoms with Crippen molar-refractivity contribution < 1.29 is 13.2 Å². The van der Waals surface area contributed by atoms with Crippen LogP contribution in [0, 0.1) is 5.92 Å². The summed E-state index contributed by atoms with van der Waals surface area (Å²) in [5, 5.41) is 0. The van der Waals surface area contributed by atoms with Gasteiger partial charge >= 0.3 is 0 Å². The molecular formula is C13H17BrClNO3S. The molecule has 0 aliphatic rings. The number of carbonyl (C=O) groups excluding carboxylic acids is 1. The summed E-state index contributed by atoms with van der Waals surface area (Å²) in [5.74, 6) is 0.131. The standard InChI is InChI=1S/C13H17BrClNO3S/c1-4-16(8-9(2)3)13(17)10-5-11(14)7-12(6-10)20(15,18)19/h5-7,9H,4,8H2,1-3H3. The van der Waals surface area contributed by atoms with Crippen LogP contribution in [0.3, 0.4) is 0 Å². The molecule has 0 atom stereocenters. The van der Waals surface area contributed by atoms with Crippen LogP contribution >= 0.6 is 26.6 Å². The van der Waals surface area contributed by atoms with E-state index in [9.17, 15) is 13.2 Å². The van der Waals surface area contributed by atoms with Crippen LogP contribution in [0.5, 0.6) is 0 Å². The van der Waals surface area contributed by atoms with Gasteiger partial charge in [-0.3, -0.25) is 4.79 Å². The van der Waals surface area contributed by atoms with Crippen molar-refractivity contribution in [1.29, 1.82) is 0 Å². The molecule has 20 heavy (non-hydrogen) atoms. The van der Waals surface area contributed by atoms with E-state index in [0.717, 1.165) is 0 Å². The van der Waals surface area contributed by atoms with Crippen LogP contribution < -0.4 is 0 Å². The topological polar surface area (TPSA) is 54.5 Å². The first kappa shape index (κ1) is 17.5. The highest BCUT2D eigenvalue weighted by Crippen LogP contribution is 2.23. The van der Waals surface area contributed by atoms with E-state index in [4.69, 9.17) is 10.7 Å². The molecular weight excluding hydrogens is 366 g/mol. The molecule has 0 aromatic heterocycles. The van der Waals surface area contributed by atoms with E-state index in [2.05, 4.69) is 15.9 Å². The van der Waals surface area contributed by atoms with Crippen LogP contribution in [-0.4, -0.2) is 32.3 Å². The maximum absolute atomic E-state index is 12.4. The van der Waals surface area contributed by atoms with Gasteiger partial charge in [0.1, 0.15) is 0 Å². The fraction of sp³-hybridized carbons (Fsp3) is 0.462. The predicted octanol–water partition coefficient (Wildman–Crippen LogP) is 3.49. The normalized spacial score (nSPS) is 11.7. The van der Waals surface area contributed by atoms with E-state index in [1.165, 1.54) is 12.1 Å². The summed E-state index contributed by atoms with van der Waals surface area (Å²) in [6, 6.07) is 4.27. The Bertz CT molecular complexity index is 602. The second-order valence-electron chi connectivity index (χ2n) is 4.85. The summed E-state index contributed by atoms with van der Waals surface area (Å²) in [5.41, 5.74) is 0.307. The average Bonchev–Trinajstić information content (AvgIpc) is 2.33. The third-order valence-electron chi connectivity index (χ3n) is 2.65. The Kier molecular flexibility index (Phi) is 6.04. The molecule has 1 rings (SSSR count). The molecule has 0 heterocycles. The van der Waals surface area contributed by atoms with Gasteiger partial charge in [0.2, 0.25) is 0 Å². The lowest BCUT2D eigenvalue weighted by Gasteiger charge is -2.23. The average molecular weight is 383 g/mol. The maximum Gasteiger partial charge on any atom is 0.261 e. The molecule has 7 heteroatoms. The van der Waals surface area contributed by atoms with E-state index >= 15 is 0 Å². The minimum Gasteiger partial charge on any atom is -0.339 e. The van der Waals surface area contributed by atoms with Crippen LogP contribution in [0.2, 0.25) is 0 Å². The van der Waals surface area contributed by atoms with Crippen molar-refractivity contribution in [2.75, 3.05) is 13.1 Å². The maximum atomic E-state index is 12.4. The minimum atomic E-state index is -3.87. The van der Waals surface area contributed by atoms with Crippen molar-refractivity contribution in [2.24, 2.45) is 5.92 Å². The van der Waals surface area contributed by atoms with Gasteiger partial charge in [0.15, 0.2) is 0 Å². The fourth-order valence-corrected chi connectivity index (χ4v) is 3.25. The summed E-state index contributed by atoms with van der Waals surface area (Å²) < 4.78 is 23.3. The molecule has 0 bridgehead atoms. The highest BCUT2D eigenvalue weighted by atomic mass is 79.9. The molecule has 1 aromatic carbocycles. The van der Waals surface area contributed by atoms with Crippen LogP contribution in [-0.2, 0) is 9.05 Å². The SMILES string of the molecule is CCN(CC(C)C)C(=O)c1cc(Br)cc(S(=O)(=O)Cl)c1. The molecule has 0 saturated heterocycles. The highest BCUT2D eigenvalue weighted by Gasteiger charge is 2.19. The van der Waals surface area contributed by atoms with Crippen LogP contribution in [0.1, 0.15) is 31.1 Å². The molecule has 0 unspecified atom stereocenters. The van der Waals surface area contributed by atoms with E-state index in [0.29, 0.717) is 29.0 Å².